The molecule has 2 heterocycles. The molecule has 0 saturated carbocycles. The van der Waals surface area contributed by atoms with Gasteiger partial charge in [-0.1, -0.05) is 6.07 Å². The van der Waals surface area contributed by atoms with Gasteiger partial charge in [0, 0.05) is 37.4 Å². The van der Waals surface area contributed by atoms with Crippen LogP contribution in [0.25, 0.3) is 0 Å². The van der Waals surface area contributed by atoms with E-state index in [9.17, 15) is 4.79 Å². The lowest BCUT2D eigenvalue weighted by Gasteiger charge is -2.28. The van der Waals surface area contributed by atoms with Crippen molar-refractivity contribution in [1.29, 1.82) is 0 Å². The summed E-state index contributed by atoms with van der Waals surface area (Å²) in [6, 6.07) is 3.94. The van der Waals surface area contributed by atoms with Crippen molar-refractivity contribution in [3.63, 3.8) is 0 Å². The first-order valence-electron chi connectivity index (χ1n) is 7.59. The maximum atomic E-state index is 12.0. The van der Waals surface area contributed by atoms with Gasteiger partial charge in [0.05, 0.1) is 0 Å². The largest absolute Gasteiger partial charge is 0.357 e. The first-order valence-corrected chi connectivity index (χ1v) is 7.59. The predicted molar refractivity (Wildman–Crippen MR) is 85.3 cm³/mol. The fourth-order valence-electron chi connectivity index (χ4n) is 2.65. The van der Waals surface area contributed by atoms with Crippen LogP contribution in [0.4, 0.5) is 5.82 Å². The Labute approximate surface area is 127 Å². The zero-order valence-corrected chi connectivity index (χ0v) is 13.4. The number of aromatic nitrogens is 1. The van der Waals surface area contributed by atoms with Gasteiger partial charge >= 0.3 is 0 Å². The van der Waals surface area contributed by atoms with Crippen molar-refractivity contribution in [3.8, 4) is 0 Å². The summed E-state index contributed by atoms with van der Waals surface area (Å²) < 4.78 is 0. The van der Waals surface area contributed by atoms with Crippen LogP contribution in [0, 0.1) is 0 Å². The number of likely N-dealkylation sites (N-methyl/N-ethyl adjacent to an activating group) is 1. The second-order valence-corrected chi connectivity index (χ2v) is 6.56. The number of carbonyl (C=O) groups excluding carboxylic acids is 1. The van der Waals surface area contributed by atoms with E-state index in [1.807, 2.05) is 6.07 Å². The van der Waals surface area contributed by atoms with Crippen LogP contribution >= 0.6 is 0 Å². The van der Waals surface area contributed by atoms with E-state index in [1.165, 1.54) is 0 Å². The van der Waals surface area contributed by atoms with E-state index in [-0.39, 0.29) is 17.5 Å². The smallest absolute Gasteiger partial charge is 0.242 e. The molecule has 0 aliphatic carbocycles. The summed E-state index contributed by atoms with van der Waals surface area (Å²) in [4.78, 5) is 18.7. The fourth-order valence-corrected chi connectivity index (χ4v) is 2.65. The van der Waals surface area contributed by atoms with Gasteiger partial charge in [0.25, 0.3) is 0 Å². The van der Waals surface area contributed by atoms with Gasteiger partial charge in [-0.25, -0.2) is 4.98 Å². The van der Waals surface area contributed by atoms with Crippen molar-refractivity contribution < 1.29 is 4.79 Å². The number of hydrogen-bond acceptors (Lipinski definition) is 4. The first kappa shape index (κ1) is 15.8. The standard InChI is InChI=1S/C16H26N4O/c1-16(2,3)19-11-12-7-5-9-18-14(12)20-10-6-8-13(20)15(21)17-4/h5,7,9,13,19H,6,8,10-11H2,1-4H3,(H,17,21). The molecule has 116 valence electrons. The highest BCUT2D eigenvalue weighted by atomic mass is 16.2. The molecule has 2 rings (SSSR count). The third-order valence-corrected chi connectivity index (χ3v) is 3.75. The average Bonchev–Trinajstić information content (AvgIpc) is 2.93. The lowest BCUT2D eigenvalue weighted by atomic mass is 10.1. The zero-order valence-electron chi connectivity index (χ0n) is 13.4. The molecule has 1 unspecified atom stereocenters. The van der Waals surface area contributed by atoms with E-state index in [0.717, 1.165) is 37.3 Å². The predicted octanol–water partition coefficient (Wildman–Crippen LogP) is 1.68. The van der Waals surface area contributed by atoms with Crippen molar-refractivity contribution in [1.82, 2.24) is 15.6 Å². The van der Waals surface area contributed by atoms with Crippen molar-refractivity contribution in [2.45, 2.75) is 51.7 Å². The first-order chi connectivity index (χ1) is 9.92. The summed E-state index contributed by atoms with van der Waals surface area (Å²) in [7, 11) is 1.69. The third kappa shape index (κ3) is 3.94. The van der Waals surface area contributed by atoms with Gasteiger partial charge < -0.3 is 15.5 Å². The molecule has 5 heteroatoms. The number of hydrogen-bond donors (Lipinski definition) is 2. The van der Waals surface area contributed by atoms with Crippen LogP contribution in [0.3, 0.4) is 0 Å². The van der Waals surface area contributed by atoms with E-state index in [4.69, 9.17) is 0 Å². The number of amides is 1. The minimum atomic E-state index is -0.0988. The summed E-state index contributed by atoms with van der Waals surface area (Å²) in [5, 5.41) is 6.25. The highest BCUT2D eigenvalue weighted by Crippen LogP contribution is 2.27. The summed E-state index contributed by atoms with van der Waals surface area (Å²) in [5.74, 6) is 1.01. The maximum Gasteiger partial charge on any atom is 0.242 e. The average molecular weight is 290 g/mol. The Bertz CT molecular complexity index is 495. The van der Waals surface area contributed by atoms with E-state index >= 15 is 0 Å². The molecule has 0 bridgehead atoms. The maximum absolute atomic E-state index is 12.0. The Morgan fingerprint density at radius 3 is 2.90 bits per heavy atom. The van der Waals surface area contributed by atoms with Crippen LogP contribution in [0.2, 0.25) is 0 Å². The number of nitrogens with one attached hydrogen (secondary N) is 2. The Kier molecular flexibility index (Phi) is 4.83. The van der Waals surface area contributed by atoms with Crippen molar-refractivity contribution in [2.75, 3.05) is 18.5 Å². The number of anilines is 1. The highest BCUT2D eigenvalue weighted by molar-refractivity contribution is 5.85. The summed E-state index contributed by atoms with van der Waals surface area (Å²) in [5.41, 5.74) is 1.20. The molecule has 0 aromatic carbocycles. The molecule has 1 aliphatic rings. The molecular formula is C16H26N4O. The Morgan fingerprint density at radius 1 is 1.48 bits per heavy atom. The molecule has 21 heavy (non-hydrogen) atoms. The number of carbonyl (C=O) groups is 1. The number of pyridine rings is 1. The second-order valence-electron chi connectivity index (χ2n) is 6.56. The van der Waals surface area contributed by atoms with Crippen LogP contribution < -0.4 is 15.5 Å². The second kappa shape index (κ2) is 6.43. The van der Waals surface area contributed by atoms with Crippen LogP contribution in [0.15, 0.2) is 18.3 Å². The van der Waals surface area contributed by atoms with Gasteiger partial charge in [0.1, 0.15) is 11.9 Å². The number of nitrogens with zero attached hydrogens (tertiary/aromatic N) is 2. The van der Waals surface area contributed by atoms with Crippen LogP contribution in [-0.2, 0) is 11.3 Å². The number of rotatable bonds is 4. The normalized spacial score (nSPS) is 18.9. The lowest BCUT2D eigenvalue weighted by molar-refractivity contribution is -0.121. The van der Waals surface area contributed by atoms with Crippen LogP contribution in [0.5, 0.6) is 0 Å². The molecule has 1 aromatic heterocycles. The van der Waals surface area contributed by atoms with Crippen LogP contribution in [0.1, 0.15) is 39.2 Å². The van der Waals surface area contributed by atoms with Gasteiger partial charge in [-0.2, -0.15) is 0 Å². The van der Waals surface area contributed by atoms with Crippen molar-refractivity contribution in [2.24, 2.45) is 0 Å². The Morgan fingerprint density at radius 2 is 2.24 bits per heavy atom. The van der Waals surface area contributed by atoms with Gasteiger partial charge in [-0.05, 0) is 39.7 Å². The quantitative estimate of drug-likeness (QED) is 0.886. The molecule has 0 radical (unpaired) electrons. The van der Waals surface area contributed by atoms with Crippen molar-refractivity contribution in [3.05, 3.63) is 23.9 Å². The molecule has 5 nitrogen and oxygen atoms in total. The minimum absolute atomic E-state index is 0.0539. The Balaban J connectivity index is 2.21. The molecule has 1 aromatic rings. The van der Waals surface area contributed by atoms with E-state index in [0.29, 0.717) is 0 Å². The highest BCUT2D eigenvalue weighted by Gasteiger charge is 2.32. The molecule has 1 amide bonds. The van der Waals surface area contributed by atoms with E-state index in [1.54, 1.807) is 13.2 Å². The molecule has 1 fully saturated rings. The summed E-state index contributed by atoms with van der Waals surface area (Å²) >= 11 is 0. The molecule has 0 spiro atoms. The monoisotopic (exact) mass is 290 g/mol. The topological polar surface area (TPSA) is 57.3 Å². The van der Waals surface area contributed by atoms with Gasteiger partial charge in [-0.3, -0.25) is 4.79 Å². The lowest BCUT2D eigenvalue weighted by Crippen LogP contribution is -2.43. The summed E-state index contributed by atoms with van der Waals surface area (Å²) in [6.07, 6.45) is 3.72. The fraction of sp³-hybridized carbons (Fsp3) is 0.625. The molecule has 2 N–H and O–H groups in total. The Hall–Kier alpha value is -1.62. The molecular weight excluding hydrogens is 264 g/mol. The van der Waals surface area contributed by atoms with E-state index < -0.39 is 0 Å². The minimum Gasteiger partial charge on any atom is -0.357 e. The SMILES string of the molecule is CNC(=O)C1CCCN1c1ncccc1CNC(C)(C)C. The third-order valence-electron chi connectivity index (χ3n) is 3.75. The van der Waals surface area contributed by atoms with Gasteiger partial charge in [0.15, 0.2) is 0 Å². The van der Waals surface area contributed by atoms with Crippen LogP contribution in [-0.4, -0.2) is 36.1 Å². The van der Waals surface area contributed by atoms with Crippen molar-refractivity contribution >= 4 is 11.7 Å². The summed E-state index contributed by atoms with van der Waals surface area (Å²) in [6.45, 7) is 8.08. The van der Waals surface area contributed by atoms with Gasteiger partial charge in [0.2, 0.25) is 5.91 Å². The van der Waals surface area contributed by atoms with Gasteiger partial charge in [-0.15, -0.1) is 0 Å². The molecule has 1 aliphatic heterocycles. The molecule has 1 saturated heterocycles. The zero-order chi connectivity index (χ0) is 15.5. The van der Waals surface area contributed by atoms with E-state index in [2.05, 4.69) is 47.4 Å². The molecule has 1 atom stereocenters.